The highest BCUT2D eigenvalue weighted by Gasteiger charge is 2.17. The summed E-state index contributed by atoms with van der Waals surface area (Å²) >= 11 is 5.14. The summed E-state index contributed by atoms with van der Waals surface area (Å²) in [6.07, 6.45) is 2.31. The molecule has 5 nitrogen and oxygen atoms in total. The van der Waals surface area contributed by atoms with Crippen molar-refractivity contribution in [1.29, 1.82) is 0 Å². The fourth-order valence-electron chi connectivity index (χ4n) is 1.79. The zero-order valence-electron chi connectivity index (χ0n) is 10.3. The van der Waals surface area contributed by atoms with E-state index in [2.05, 4.69) is 51.4 Å². The van der Waals surface area contributed by atoms with Crippen LogP contribution in [0.5, 0.6) is 0 Å². The Balaban J connectivity index is 2.18. The molecule has 0 fully saturated rings. The number of hydrogen-bond acceptors (Lipinski definition) is 5. The van der Waals surface area contributed by atoms with Gasteiger partial charge >= 0.3 is 0 Å². The number of nitrogens with two attached hydrogens (primary N) is 1. The maximum Gasteiger partial charge on any atom is 0.138 e. The Morgan fingerprint density at radius 2 is 2.28 bits per heavy atom. The van der Waals surface area contributed by atoms with Gasteiger partial charge in [0.25, 0.3) is 0 Å². The predicted molar refractivity (Wildman–Crippen MR) is 76.2 cm³/mol. The van der Waals surface area contributed by atoms with Crippen molar-refractivity contribution in [1.82, 2.24) is 20.2 Å². The van der Waals surface area contributed by atoms with Gasteiger partial charge < -0.3 is 0 Å². The van der Waals surface area contributed by atoms with E-state index in [1.54, 1.807) is 17.7 Å². The van der Waals surface area contributed by atoms with Gasteiger partial charge in [-0.3, -0.25) is 11.3 Å². The van der Waals surface area contributed by atoms with Crippen LogP contribution in [0.1, 0.15) is 36.6 Å². The molecule has 0 aliphatic rings. The van der Waals surface area contributed by atoms with Crippen molar-refractivity contribution in [3.05, 3.63) is 32.9 Å². The fourth-order valence-corrected chi connectivity index (χ4v) is 3.28. The summed E-state index contributed by atoms with van der Waals surface area (Å²) in [7, 11) is 0. The zero-order chi connectivity index (χ0) is 13.1. The molecular weight excluding hydrogens is 314 g/mol. The summed E-state index contributed by atoms with van der Waals surface area (Å²) in [5.41, 5.74) is 2.84. The first-order chi connectivity index (χ1) is 8.61. The second-order valence-electron chi connectivity index (χ2n) is 4.28. The van der Waals surface area contributed by atoms with E-state index in [4.69, 9.17) is 5.84 Å². The third kappa shape index (κ3) is 2.97. The predicted octanol–water partition coefficient (Wildman–Crippen LogP) is 2.43. The number of hydrogen-bond donors (Lipinski definition) is 2. The maximum atomic E-state index is 5.64. The van der Waals surface area contributed by atoms with E-state index in [1.807, 2.05) is 10.7 Å². The van der Waals surface area contributed by atoms with Gasteiger partial charge in [0.05, 0.1) is 9.83 Å². The third-order valence-electron chi connectivity index (χ3n) is 2.66. The van der Waals surface area contributed by atoms with Crippen LogP contribution in [0.4, 0.5) is 0 Å². The minimum atomic E-state index is 0.0583. The van der Waals surface area contributed by atoms with Gasteiger partial charge in [0.1, 0.15) is 12.2 Å². The van der Waals surface area contributed by atoms with Crippen molar-refractivity contribution in [2.45, 2.75) is 32.4 Å². The Hall–Kier alpha value is -0.760. The van der Waals surface area contributed by atoms with Gasteiger partial charge in [-0.15, -0.1) is 11.3 Å². The van der Waals surface area contributed by atoms with Crippen LogP contribution in [0, 0.1) is 0 Å². The molecule has 0 radical (unpaired) electrons. The monoisotopic (exact) mass is 329 g/mol. The third-order valence-corrected chi connectivity index (χ3v) is 4.40. The number of nitrogens with zero attached hydrogens (tertiary/aromatic N) is 3. The molecule has 0 aliphatic heterocycles. The molecule has 3 N–H and O–H groups in total. The normalized spacial score (nSPS) is 13.2. The van der Waals surface area contributed by atoms with Crippen molar-refractivity contribution in [2.24, 2.45) is 5.84 Å². The van der Waals surface area contributed by atoms with E-state index in [0.29, 0.717) is 6.04 Å². The minimum absolute atomic E-state index is 0.0583. The fraction of sp³-hybridized carbons (Fsp3) is 0.455. The molecule has 2 heterocycles. The highest BCUT2D eigenvalue weighted by Crippen LogP contribution is 2.28. The van der Waals surface area contributed by atoms with E-state index < -0.39 is 0 Å². The van der Waals surface area contributed by atoms with Crippen LogP contribution in [-0.4, -0.2) is 14.8 Å². The minimum Gasteiger partial charge on any atom is -0.271 e. The number of halogens is 1. The lowest BCUT2D eigenvalue weighted by Crippen LogP contribution is -2.30. The standard InChI is InChI=1S/C11H16BrN5S/c1-7(2)17-11(14-6-15-17)5-8(16-13)9-3-4-10(12)18-9/h3-4,6-8,16H,5,13H2,1-2H3. The molecule has 0 saturated carbocycles. The molecule has 18 heavy (non-hydrogen) atoms. The van der Waals surface area contributed by atoms with Crippen LogP contribution < -0.4 is 11.3 Å². The smallest absolute Gasteiger partial charge is 0.138 e. The van der Waals surface area contributed by atoms with E-state index in [0.717, 1.165) is 16.0 Å². The van der Waals surface area contributed by atoms with Crippen molar-refractivity contribution < 1.29 is 0 Å². The summed E-state index contributed by atoms with van der Waals surface area (Å²) in [6.45, 7) is 4.18. The number of hydrazine groups is 1. The Bertz CT molecular complexity index is 507. The number of rotatable bonds is 5. The molecule has 0 bridgehead atoms. The molecule has 0 saturated heterocycles. The Kier molecular flexibility index (Phi) is 4.50. The van der Waals surface area contributed by atoms with Crippen LogP contribution in [0.15, 0.2) is 22.2 Å². The van der Waals surface area contributed by atoms with Crippen LogP contribution in [0.3, 0.4) is 0 Å². The maximum absolute atomic E-state index is 5.64. The van der Waals surface area contributed by atoms with Gasteiger partial charge in [-0.25, -0.2) is 9.67 Å². The second kappa shape index (κ2) is 5.92. The van der Waals surface area contributed by atoms with Crippen molar-refractivity contribution >= 4 is 27.3 Å². The summed E-state index contributed by atoms with van der Waals surface area (Å²) in [6, 6.07) is 4.45. The number of aromatic nitrogens is 3. The van der Waals surface area contributed by atoms with E-state index >= 15 is 0 Å². The molecule has 0 spiro atoms. The lowest BCUT2D eigenvalue weighted by molar-refractivity contribution is 0.471. The summed E-state index contributed by atoms with van der Waals surface area (Å²) in [5, 5.41) is 4.23. The highest BCUT2D eigenvalue weighted by atomic mass is 79.9. The molecule has 0 amide bonds. The largest absolute Gasteiger partial charge is 0.271 e. The summed E-state index contributed by atoms with van der Waals surface area (Å²) in [5.74, 6) is 6.58. The molecule has 1 unspecified atom stereocenters. The SMILES string of the molecule is CC(C)n1ncnc1CC(NN)c1ccc(Br)s1. The molecular formula is C11H16BrN5S. The quantitative estimate of drug-likeness (QED) is 0.653. The number of nitrogens with one attached hydrogen (secondary N) is 1. The van der Waals surface area contributed by atoms with Gasteiger partial charge in [0.15, 0.2) is 0 Å². The van der Waals surface area contributed by atoms with E-state index in [1.165, 1.54) is 4.88 Å². The molecule has 0 aliphatic carbocycles. The van der Waals surface area contributed by atoms with Gasteiger partial charge in [0, 0.05) is 17.3 Å². The molecule has 2 aromatic heterocycles. The molecule has 2 aromatic rings. The topological polar surface area (TPSA) is 68.8 Å². The van der Waals surface area contributed by atoms with Crippen molar-refractivity contribution in [2.75, 3.05) is 0 Å². The average molecular weight is 330 g/mol. The van der Waals surface area contributed by atoms with Crippen molar-refractivity contribution in [3.8, 4) is 0 Å². The van der Waals surface area contributed by atoms with Gasteiger partial charge in [-0.2, -0.15) is 5.10 Å². The molecule has 98 valence electrons. The highest BCUT2D eigenvalue weighted by molar-refractivity contribution is 9.11. The van der Waals surface area contributed by atoms with Gasteiger partial charge in [-0.1, -0.05) is 0 Å². The van der Waals surface area contributed by atoms with Crippen LogP contribution >= 0.6 is 27.3 Å². The van der Waals surface area contributed by atoms with Crippen molar-refractivity contribution in [3.63, 3.8) is 0 Å². The van der Waals surface area contributed by atoms with Crippen LogP contribution in [0.25, 0.3) is 0 Å². The van der Waals surface area contributed by atoms with Crippen LogP contribution in [-0.2, 0) is 6.42 Å². The Morgan fingerprint density at radius 3 is 2.83 bits per heavy atom. The number of thiophene rings is 1. The lowest BCUT2D eigenvalue weighted by Gasteiger charge is -2.15. The first-order valence-electron chi connectivity index (χ1n) is 5.71. The van der Waals surface area contributed by atoms with E-state index in [-0.39, 0.29) is 6.04 Å². The molecule has 7 heteroatoms. The summed E-state index contributed by atoms with van der Waals surface area (Å²) < 4.78 is 3.02. The van der Waals surface area contributed by atoms with Gasteiger partial charge in [-0.05, 0) is 41.9 Å². The summed E-state index contributed by atoms with van der Waals surface area (Å²) in [4.78, 5) is 5.49. The molecule has 0 aromatic carbocycles. The van der Waals surface area contributed by atoms with Gasteiger partial charge in [0.2, 0.25) is 0 Å². The Labute approximate surface area is 119 Å². The average Bonchev–Trinajstić information content (AvgIpc) is 2.94. The lowest BCUT2D eigenvalue weighted by atomic mass is 10.1. The van der Waals surface area contributed by atoms with Crippen LogP contribution in [0.2, 0.25) is 0 Å². The Morgan fingerprint density at radius 1 is 1.50 bits per heavy atom. The first-order valence-corrected chi connectivity index (χ1v) is 7.32. The first kappa shape index (κ1) is 13.7. The molecule has 2 rings (SSSR count). The zero-order valence-corrected chi connectivity index (χ0v) is 12.7. The molecule has 1 atom stereocenters. The second-order valence-corrected chi connectivity index (χ2v) is 6.77. The van der Waals surface area contributed by atoms with E-state index in [9.17, 15) is 0 Å².